The summed E-state index contributed by atoms with van der Waals surface area (Å²) in [5.41, 5.74) is 1.01. The van der Waals surface area contributed by atoms with Crippen molar-refractivity contribution < 1.29 is 4.55 Å². The molecule has 0 saturated carbocycles. The maximum absolute atomic E-state index is 12.7. The average molecular weight is 314 g/mol. The van der Waals surface area contributed by atoms with E-state index in [9.17, 15) is 4.55 Å². The third-order valence-corrected chi connectivity index (χ3v) is 5.14. The summed E-state index contributed by atoms with van der Waals surface area (Å²) in [4.78, 5) is 4.56. The Morgan fingerprint density at radius 2 is 1.86 bits per heavy atom. The number of rotatable bonds is 6. The maximum Gasteiger partial charge on any atom is 0.137 e. The van der Waals surface area contributed by atoms with E-state index in [1.807, 2.05) is 38.5 Å². The molecule has 5 heteroatoms. The van der Waals surface area contributed by atoms with Crippen molar-refractivity contribution in [2.45, 2.75) is 65.8 Å². The summed E-state index contributed by atoms with van der Waals surface area (Å²) in [5, 5.41) is 0. The summed E-state index contributed by atoms with van der Waals surface area (Å²) >= 11 is -1.05. The summed E-state index contributed by atoms with van der Waals surface area (Å²) in [5.74, 6) is 0.940. The molecule has 0 bridgehead atoms. The molecule has 0 aliphatic rings. The predicted octanol–water partition coefficient (Wildman–Crippen LogP) is 3.63. The van der Waals surface area contributed by atoms with E-state index in [1.165, 1.54) is 0 Å². The average Bonchev–Trinajstić information content (AvgIpc) is 2.73. The van der Waals surface area contributed by atoms with Crippen molar-refractivity contribution in [1.29, 1.82) is 0 Å². The third kappa shape index (κ3) is 5.01. The van der Waals surface area contributed by atoms with Gasteiger partial charge in [-0.2, -0.15) is 0 Å². The number of hydrogen-bond donors (Lipinski definition) is 0. The van der Waals surface area contributed by atoms with Crippen molar-refractivity contribution in [2.24, 2.45) is 11.8 Å². The molecular formula is C16H31N3OS. The van der Waals surface area contributed by atoms with Crippen LogP contribution in [0.25, 0.3) is 0 Å². The fourth-order valence-corrected chi connectivity index (χ4v) is 3.96. The van der Waals surface area contributed by atoms with Gasteiger partial charge in [0.2, 0.25) is 0 Å². The Balaban J connectivity index is 2.99. The lowest BCUT2D eigenvalue weighted by Crippen LogP contribution is -2.44. The quantitative estimate of drug-likeness (QED) is 0.753. The highest BCUT2D eigenvalue weighted by Gasteiger charge is 2.37. The van der Waals surface area contributed by atoms with Crippen molar-refractivity contribution >= 4 is 11.4 Å². The third-order valence-electron chi connectivity index (χ3n) is 3.34. The van der Waals surface area contributed by atoms with E-state index in [2.05, 4.69) is 43.4 Å². The lowest BCUT2D eigenvalue weighted by atomic mass is 10.0. The first-order valence-electron chi connectivity index (χ1n) is 7.70. The second-order valence-corrected chi connectivity index (χ2v) is 9.78. The lowest BCUT2D eigenvalue weighted by molar-refractivity contribution is 0.288. The highest BCUT2D eigenvalue weighted by Crippen LogP contribution is 2.32. The standard InChI is InChI=1S/C16H31N3OS/c1-12(2)9-19-10-14(17-11-19)15(13(3)4)18(8)21(20)16(5,6)7/h10-13,15H,9H2,1-8H3. The molecule has 0 N–H and O–H groups in total. The molecule has 21 heavy (non-hydrogen) atoms. The minimum atomic E-state index is -1.05. The van der Waals surface area contributed by atoms with Gasteiger partial charge >= 0.3 is 0 Å². The molecule has 1 aromatic rings. The van der Waals surface area contributed by atoms with Crippen molar-refractivity contribution in [2.75, 3.05) is 7.05 Å². The fraction of sp³-hybridized carbons (Fsp3) is 0.812. The Morgan fingerprint density at radius 3 is 2.29 bits per heavy atom. The van der Waals surface area contributed by atoms with Crippen LogP contribution in [0.3, 0.4) is 0 Å². The van der Waals surface area contributed by atoms with Crippen LogP contribution in [0.5, 0.6) is 0 Å². The zero-order valence-electron chi connectivity index (χ0n) is 14.8. The van der Waals surface area contributed by atoms with Gasteiger partial charge in [0.1, 0.15) is 10.8 Å². The summed E-state index contributed by atoms with van der Waals surface area (Å²) in [6.07, 6.45) is 3.99. The van der Waals surface area contributed by atoms with Crippen LogP contribution >= 0.6 is 0 Å². The van der Waals surface area contributed by atoms with E-state index in [-0.39, 0.29) is 10.8 Å². The van der Waals surface area contributed by atoms with Gasteiger partial charge in [-0.15, -0.1) is 4.31 Å². The Morgan fingerprint density at radius 1 is 1.29 bits per heavy atom. The number of imidazole rings is 1. The van der Waals surface area contributed by atoms with Crippen LogP contribution in [-0.2, 0) is 17.9 Å². The van der Waals surface area contributed by atoms with Gasteiger partial charge in [-0.3, -0.25) is 0 Å². The largest absolute Gasteiger partial charge is 0.597 e. The van der Waals surface area contributed by atoms with Crippen molar-refractivity contribution in [3.8, 4) is 0 Å². The SMILES string of the molecule is CC(C)Cn1cnc(C(C(C)C)N(C)[S+]([O-])C(C)(C)C)c1. The lowest BCUT2D eigenvalue weighted by Gasteiger charge is -2.36. The molecule has 2 atom stereocenters. The Hall–Kier alpha value is -0.520. The summed E-state index contributed by atoms with van der Waals surface area (Å²) in [7, 11) is 1.94. The van der Waals surface area contributed by atoms with Gasteiger partial charge in [0.15, 0.2) is 0 Å². The molecule has 0 saturated heterocycles. The molecule has 1 rings (SSSR count). The van der Waals surface area contributed by atoms with Crippen LogP contribution in [0.1, 0.15) is 60.2 Å². The van der Waals surface area contributed by atoms with E-state index in [4.69, 9.17) is 0 Å². The topological polar surface area (TPSA) is 44.1 Å². The molecule has 122 valence electrons. The smallest absolute Gasteiger partial charge is 0.137 e. The van der Waals surface area contributed by atoms with Crippen molar-refractivity contribution in [3.05, 3.63) is 18.2 Å². The molecule has 1 heterocycles. The summed E-state index contributed by atoms with van der Waals surface area (Å²) in [6, 6.07) is 0.0680. The van der Waals surface area contributed by atoms with Gasteiger partial charge in [-0.05, 0) is 32.6 Å². The second-order valence-electron chi connectivity index (χ2n) is 7.49. The van der Waals surface area contributed by atoms with Crippen molar-refractivity contribution in [3.63, 3.8) is 0 Å². The van der Waals surface area contributed by atoms with Crippen LogP contribution in [0.4, 0.5) is 0 Å². The minimum Gasteiger partial charge on any atom is -0.597 e. The van der Waals surface area contributed by atoms with E-state index in [0.29, 0.717) is 11.8 Å². The molecule has 1 aromatic heterocycles. The Bertz CT molecular complexity index is 437. The molecule has 0 aliphatic carbocycles. The van der Waals surface area contributed by atoms with E-state index >= 15 is 0 Å². The van der Waals surface area contributed by atoms with Gasteiger partial charge in [0.25, 0.3) is 0 Å². The Kier molecular flexibility index (Phi) is 6.32. The number of aromatic nitrogens is 2. The minimum absolute atomic E-state index is 0.0680. The normalized spacial score (nSPS) is 16.0. The second kappa shape index (κ2) is 7.16. The van der Waals surface area contributed by atoms with Gasteiger partial charge in [0.05, 0.1) is 12.0 Å². The van der Waals surface area contributed by atoms with E-state index in [0.717, 1.165) is 12.2 Å². The molecule has 4 nitrogen and oxygen atoms in total. The fourth-order valence-electron chi connectivity index (χ4n) is 2.53. The molecule has 0 fully saturated rings. The van der Waals surface area contributed by atoms with E-state index in [1.54, 1.807) is 0 Å². The number of hydrogen-bond acceptors (Lipinski definition) is 3. The van der Waals surface area contributed by atoms with Crippen LogP contribution in [0, 0.1) is 11.8 Å². The maximum atomic E-state index is 12.7. The van der Waals surface area contributed by atoms with Crippen molar-refractivity contribution in [1.82, 2.24) is 13.9 Å². The van der Waals surface area contributed by atoms with Gasteiger partial charge < -0.3 is 9.12 Å². The molecule has 0 spiro atoms. The predicted molar refractivity (Wildman–Crippen MR) is 90.3 cm³/mol. The first-order chi connectivity index (χ1) is 9.54. The highest BCUT2D eigenvalue weighted by molar-refractivity contribution is 7.90. The molecule has 0 amide bonds. The zero-order valence-corrected chi connectivity index (χ0v) is 15.6. The van der Waals surface area contributed by atoms with Gasteiger partial charge in [0, 0.05) is 31.2 Å². The van der Waals surface area contributed by atoms with E-state index < -0.39 is 11.4 Å². The molecule has 0 aliphatic heterocycles. The van der Waals surface area contributed by atoms with Gasteiger partial charge in [-0.25, -0.2) is 4.98 Å². The van der Waals surface area contributed by atoms with Crippen LogP contribution in [0.15, 0.2) is 12.5 Å². The molecule has 2 unspecified atom stereocenters. The van der Waals surface area contributed by atoms with Gasteiger partial charge in [-0.1, -0.05) is 27.7 Å². The molecule has 0 aromatic carbocycles. The highest BCUT2D eigenvalue weighted by atomic mass is 32.2. The summed E-state index contributed by atoms with van der Waals surface area (Å²) < 4.78 is 16.5. The first kappa shape index (κ1) is 18.5. The van der Waals surface area contributed by atoms with Crippen LogP contribution in [-0.4, -0.2) is 30.2 Å². The monoisotopic (exact) mass is 313 g/mol. The van der Waals surface area contributed by atoms with Crippen LogP contribution < -0.4 is 0 Å². The number of nitrogens with zero attached hydrogens (tertiary/aromatic N) is 3. The molecule has 0 radical (unpaired) electrons. The first-order valence-corrected chi connectivity index (χ1v) is 8.81. The Labute approximate surface area is 133 Å². The zero-order chi connectivity index (χ0) is 16.4. The summed E-state index contributed by atoms with van der Waals surface area (Å²) in [6.45, 7) is 15.7. The van der Waals surface area contributed by atoms with Crippen LogP contribution in [0.2, 0.25) is 0 Å². The molecular weight excluding hydrogens is 282 g/mol.